The van der Waals surface area contributed by atoms with Gasteiger partial charge < -0.3 is 10.2 Å². The van der Waals surface area contributed by atoms with Crippen molar-refractivity contribution in [1.29, 1.82) is 0 Å². The summed E-state index contributed by atoms with van der Waals surface area (Å²) < 4.78 is 27.1. The van der Waals surface area contributed by atoms with Crippen LogP contribution in [0.1, 0.15) is 57.4 Å². The first-order valence-electron chi connectivity index (χ1n) is 10.9. The van der Waals surface area contributed by atoms with Crippen LogP contribution in [0, 0.1) is 11.8 Å². The van der Waals surface area contributed by atoms with Crippen molar-refractivity contribution >= 4 is 43.3 Å². The summed E-state index contributed by atoms with van der Waals surface area (Å²) in [5, 5.41) is 3.03. The Morgan fingerprint density at radius 3 is 2.60 bits per heavy atom. The summed E-state index contributed by atoms with van der Waals surface area (Å²) in [6, 6.07) is 3.61. The number of nitrogens with one attached hydrogen (secondary N) is 1. The second-order valence-electron chi connectivity index (χ2n) is 8.93. The molecule has 164 valence electrons. The summed E-state index contributed by atoms with van der Waals surface area (Å²) in [6.07, 6.45) is 6.68. The van der Waals surface area contributed by atoms with Gasteiger partial charge in [0, 0.05) is 29.4 Å². The van der Waals surface area contributed by atoms with Gasteiger partial charge in [-0.05, 0) is 55.7 Å². The van der Waals surface area contributed by atoms with E-state index in [-0.39, 0.29) is 40.8 Å². The second kappa shape index (κ2) is 8.61. The largest absolute Gasteiger partial charge is 0.353 e. The first-order valence-corrected chi connectivity index (χ1v) is 13.4. The van der Waals surface area contributed by atoms with Crippen molar-refractivity contribution in [3.63, 3.8) is 0 Å². The number of carbonyl (C=O) groups excluding carboxylic acids is 2. The fourth-order valence-electron chi connectivity index (χ4n) is 4.62. The molecule has 1 aliphatic heterocycles. The van der Waals surface area contributed by atoms with Crippen molar-refractivity contribution in [3.8, 4) is 0 Å². The molecule has 2 amide bonds. The Balaban J connectivity index is 1.50. The Bertz CT molecular complexity index is 958. The Hall–Kier alpha value is -1.41. The minimum atomic E-state index is -3.71. The van der Waals surface area contributed by atoms with Gasteiger partial charge in [0.05, 0.1) is 16.3 Å². The molecule has 30 heavy (non-hydrogen) atoms. The molecule has 6 nitrogen and oxygen atoms in total. The molecular formula is C22H29BrN2O4S. The zero-order valence-electron chi connectivity index (χ0n) is 17.3. The predicted octanol–water partition coefficient (Wildman–Crippen LogP) is 3.61. The summed E-state index contributed by atoms with van der Waals surface area (Å²) in [5.74, 6) is 0.00775. The molecule has 2 aliphatic carbocycles. The normalized spacial score (nSPS) is 23.9. The maximum atomic E-state index is 13.2. The van der Waals surface area contributed by atoms with E-state index < -0.39 is 9.84 Å². The van der Waals surface area contributed by atoms with E-state index in [2.05, 4.69) is 28.2 Å². The highest BCUT2D eigenvalue weighted by Gasteiger charge is 2.39. The van der Waals surface area contributed by atoms with Gasteiger partial charge in [0.15, 0.2) is 9.84 Å². The third kappa shape index (κ3) is 4.59. The molecule has 0 bridgehead atoms. The van der Waals surface area contributed by atoms with Crippen LogP contribution in [0.15, 0.2) is 21.5 Å². The van der Waals surface area contributed by atoms with Crippen molar-refractivity contribution in [3.05, 3.63) is 22.2 Å². The SMILES string of the molecule is C[C@H]1CCCC[C@H]1NC(=O)CCS(=O)(=O)c1cc(Br)cc2c1N(C(=O)C1CC1)CC2. The average Bonchev–Trinajstić information content (AvgIpc) is 3.47. The van der Waals surface area contributed by atoms with Gasteiger partial charge in [-0.2, -0.15) is 0 Å². The number of carbonyl (C=O) groups is 2. The van der Waals surface area contributed by atoms with Crippen molar-refractivity contribution in [2.24, 2.45) is 11.8 Å². The van der Waals surface area contributed by atoms with E-state index in [1.165, 1.54) is 6.42 Å². The molecule has 1 aromatic rings. The number of anilines is 1. The Morgan fingerprint density at radius 2 is 1.90 bits per heavy atom. The number of amides is 2. The molecule has 2 atom stereocenters. The van der Waals surface area contributed by atoms with Crippen molar-refractivity contribution in [2.45, 2.75) is 69.2 Å². The fraction of sp³-hybridized carbons (Fsp3) is 0.636. The monoisotopic (exact) mass is 496 g/mol. The minimum Gasteiger partial charge on any atom is -0.353 e. The number of rotatable bonds is 6. The molecule has 1 heterocycles. The molecule has 0 aromatic heterocycles. The number of benzene rings is 1. The first kappa shape index (κ1) is 21.8. The lowest BCUT2D eigenvalue weighted by molar-refractivity contribution is -0.122. The number of hydrogen-bond acceptors (Lipinski definition) is 4. The summed E-state index contributed by atoms with van der Waals surface area (Å²) in [6.45, 7) is 2.65. The van der Waals surface area contributed by atoms with Crippen LogP contribution < -0.4 is 10.2 Å². The summed E-state index contributed by atoms with van der Waals surface area (Å²) in [4.78, 5) is 27.0. The van der Waals surface area contributed by atoms with Gasteiger partial charge in [0.25, 0.3) is 0 Å². The van der Waals surface area contributed by atoms with Crippen LogP contribution in [0.3, 0.4) is 0 Å². The number of hydrogen-bond donors (Lipinski definition) is 1. The van der Waals surface area contributed by atoms with E-state index in [9.17, 15) is 18.0 Å². The highest BCUT2D eigenvalue weighted by Crippen LogP contribution is 2.41. The quantitative estimate of drug-likeness (QED) is 0.651. The molecule has 2 fully saturated rings. The third-order valence-corrected chi connectivity index (χ3v) is 8.76. The molecule has 0 unspecified atom stereocenters. The maximum Gasteiger partial charge on any atom is 0.230 e. The topological polar surface area (TPSA) is 83.6 Å². The van der Waals surface area contributed by atoms with Crippen LogP contribution in [-0.2, 0) is 25.8 Å². The van der Waals surface area contributed by atoms with E-state index in [4.69, 9.17) is 0 Å². The Kier molecular flexibility index (Phi) is 6.26. The van der Waals surface area contributed by atoms with Gasteiger partial charge in [-0.15, -0.1) is 0 Å². The molecule has 8 heteroatoms. The van der Waals surface area contributed by atoms with Crippen LogP contribution in [0.4, 0.5) is 5.69 Å². The zero-order chi connectivity index (χ0) is 21.5. The van der Waals surface area contributed by atoms with E-state index >= 15 is 0 Å². The number of fused-ring (bicyclic) bond motifs is 1. The van der Waals surface area contributed by atoms with Gasteiger partial charge in [0.2, 0.25) is 11.8 Å². The number of sulfone groups is 1. The molecule has 1 N–H and O–H groups in total. The van der Waals surface area contributed by atoms with Gasteiger partial charge >= 0.3 is 0 Å². The van der Waals surface area contributed by atoms with Gasteiger partial charge in [-0.25, -0.2) is 8.42 Å². The fourth-order valence-corrected chi connectivity index (χ4v) is 6.80. The molecule has 0 spiro atoms. The van der Waals surface area contributed by atoms with E-state index in [1.807, 2.05) is 6.07 Å². The summed E-state index contributed by atoms with van der Waals surface area (Å²) in [7, 11) is -3.71. The lowest BCUT2D eigenvalue weighted by Gasteiger charge is -2.29. The van der Waals surface area contributed by atoms with Crippen molar-refractivity contribution in [1.82, 2.24) is 5.32 Å². The van der Waals surface area contributed by atoms with Gasteiger partial charge in [0.1, 0.15) is 0 Å². The highest BCUT2D eigenvalue weighted by molar-refractivity contribution is 9.10. The highest BCUT2D eigenvalue weighted by atomic mass is 79.9. The smallest absolute Gasteiger partial charge is 0.230 e. The van der Waals surface area contributed by atoms with Crippen LogP contribution in [0.5, 0.6) is 0 Å². The zero-order valence-corrected chi connectivity index (χ0v) is 19.7. The number of halogens is 1. The molecule has 4 rings (SSSR count). The molecule has 0 radical (unpaired) electrons. The summed E-state index contributed by atoms with van der Waals surface area (Å²) in [5.41, 5.74) is 1.40. The van der Waals surface area contributed by atoms with E-state index in [0.717, 1.165) is 37.7 Å². The predicted molar refractivity (Wildman–Crippen MR) is 119 cm³/mol. The Morgan fingerprint density at radius 1 is 1.17 bits per heavy atom. The van der Waals surface area contributed by atoms with E-state index in [0.29, 0.717) is 29.0 Å². The lowest BCUT2D eigenvalue weighted by Crippen LogP contribution is -2.41. The molecule has 3 aliphatic rings. The second-order valence-corrected chi connectivity index (χ2v) is 11.9. The van der Waals surface area contributed by atoms with Gasteiger partial charge in [-0.1, -0.05) is 35.7 Å². The van der Waals surface area contributed by atoms with Crippen LogP contribution in [0.25, 0.3) is 0 Å². The van der Waals surface area contributed by atoms with Crippen molar-refractivity contribution in [2.75, 3.05) is 17.2 Å². The molecule has 0 saturated heterocycles. The first-order chi connectivity index (χ1) is 14.3. The molecule has 2 saturated carbocycles. The average molecular weight is 497 g/mol. The maximum absolute atomic E-state index is 13.2. The van der Waals surface area contributed by atoms with Gasteiger partial charge in [-0.3, -0.25) is 9.59 Å². The minimum absolute atomic E-state index is 0.0246. The third-order valence-electron chi connectivity index (χ3n) is 6.58. The summed E-state index contributed by atoms with van der Waals surface area (Å²) >= 11 is 3.41. The lowest BCUT2D eigenvalue weighted by atomic mass is 9.86. The standard InChI is InChI=1S/C22H29BrN2O4S/c1-14-4-2-3-5-18(14)24-20(26)9-11-30(28,29)19-13-17(23)12-16-8-10-25(21(16)19)22(27)15-6-7-15/h12-15,18H,2-11H2,1H3,(H,24,26)/t14-,18+/m0/s1. The molecular weight excluding hydrogens is 468 g/mol. The Labute approximate surface area is 186 Å². The molecule has 1 aromatic carbocycles. The van der Waals surface area contributed by atoms with Crippen LogP contribution in [-0.4, -0.2) is 38.6 Å². The van der Waals surface area contributed by atoms with E-state index in [1.54, 1.807) is 11.0 Å². The number of nitrogens with zero attached hydrogens (tertiary/aromatic N) is 1. The van der Waals surface area contributed by atoms with Crippen LogP contribution in [0.2, 0.25) is 0 Å². The van der Waals surface area contributed by atoms with Crippen LogP contribution >= 0.6 is 15.9 Å². The van der Waals surface area contributed by atoms with Crippen molar-refractivity contribution < 1.29 is 18.0 Å².